The van der Waals surface area contributed by atoms with Crippen LogP contribution in [0.3, 0.4) is 0 Å². The lowest BCUT2D eigenvalue weighted by Crippen LogP contribution is -2.28. The van der Waals surface area contributed by atoms with Gasteiger partial charge in [0.15, 0.2) is 17.5 Å². The van der Waals surface area contributed by atoms with Crippen molar-refractivity contribution in [1.29, 1.82) is 0 Å². The number of furan rings is 1. The van der Waals surface area contributed by atoms with E-state index in [4.69, 9.17) is 19.4 Å². The van der Waals surface area contributed by atoms with Gasteiger partial charge < -0.3 is 4.42 Å². The number of nitrogens with zero attached hydrogens (tertiary/aromatic N) is 3. The lowest BCUT2D eigenvalue weighted by molar-refractivity contribution is 0.353. The van der Waals surface area contributed by atoms with Gasteiger partial charge in [-0.1, -0.05) is 159 Å². The predicted octanol–water partition coefficient (Wildman–Crippen LogP) is 13.3. The smallest absolute Gasteiger partial charge is 0.167 e. The maximum atomic E-state index is 6.40. The first-order chi connectivity index (χ1) is 27.2. The molecule has 0 atom stereocenters. The fourth-order valence-corrected chi connectivity index (χ4v) is 9.28. The molecule has 0 bridgehead atoms. The Morgan fingerprint density at radius 2 is 0.945 bits per heavy atom. The van der Waals surface area contributed by atoms with Gasteiger partial charge in [-0.25, -0.2) is 15.0 Å². The third-order valence-electron chi connectivity index (χ3n) is 12.0. The maximum absolute atomic E-state index is 6.40. The van der Waals surface area contributed by atoms with E-state index in [0.717, 1.165) is 44.2 Å². The maximum Gasteiger partial charge on any atom is 0.167 e. The van der Waals surface area contributed by atoms with Crippen LogP contribution in [-0.4, -0.2) is 15.0 Å². The number of hydrogen-bond donors (Lipinski definition) is 0. The van der Waals surface area contributed by atoms with Gasteiger partial charge in [-0.05, 0) is 81.6 Å². The van der Waals surface area contributed by atoms with Crippen LogP contribution in [0, 0.1) is 0 Å². The third kappa shape index (κ3) is 5.24. The topological polar surface area (TPSA) is 51.8 Å². The molecule has 2 aliphatic rings. The normalized spacial score (nSPS) is 14.3. The predicted molar refractivity (Wildman–Crippen MR) is 224 cm³/mol. The van der Waals surface area contributed by atoms with Crippen LogP contribution in [0.15, 0.2) is 168 Å². The average molecular weight is 708 g/mol. The summed E-state index contributed by atoms with van der Waals surface area (Å²) < 4.78 is 6.40. The first-order valence-electron chi connectivity index (χ1n) is 19.4. The van der Waals surface area contributed by atoms with Crippen LogP contribution < -0.4 is 0 Å². The lowest BCUT2D eigenvalue weighted by Gasteiger charge is -2.36. The summed E-state index contributed by atoms with van der Waals surface area (Å²) in [7, 11) is 0. The minimum atomic E-state index is 0.140. The highest BCUT2D eigenvalue weighted by Crippen LogP contribution is 2.56. The van der Waals surface area contributed by atoms with Crippen molar-refractivity contribution >= 4 is 21.9 Å². The fourth-order valence-electron chi connectivity index (χ4n) is 9.28. The van der Waals surface area contributed by atoms with Gasteiger partial charge in [0, 0.05) is 27.3 Å². The summed E-state index contributed by atoms with van der Waals surface area (Å²) in [5.41, 5.74) is 15.2. The molecule has 1 spiro atoms. The molecular weight excluding hydrogens is 671 g/mol. The highest BCUT2D eigenvalue weighted by Gasteiger charge is 2.43. The van der Waals surface area contributed by atoms with Gasteiger partial charge in [-0.2, -0.15) is 0 Å². The quantitative estimate of drug-likeness (QED) is 0.179. The summed E-state index contributed by atoms with van der Waals surface area (Å²) in [5.74, 6) is 1.82. The van der Waals surface area contributed by atoms with E-state index >= 15 is 0 Å². The van der Waals surface area contributed by atoms with Crippen molar-refractivity contribution in [3.8, 4) is 67.5 Å². The number of benzene rings is 7. The molecule has 1 saturated carbocycles. The zero-order valence-corrected chi connectivity index (χ0v) is 30.4. The Hall–Kier alpha value is -6.65. The van der Waals surface area contributed by atoms with E-state index < -0.39 is 0 Å². The fraction of sp³-hybridized carbons (Fsp3) is 0.118. The Labute approximate surface area is 320 Å². The summed E-state index contributed by atoms with van der Waals surface area (Å²) in [5, 5.41) is 2.12. The second-order valence-electron chi connectivity index (χ2n) is 15.1. The summed E-state index contributed by atoms with van der Waals surface area (Å²) in [6, 6.07) is 58.3. The van der Waals surface area contributed by atoms with Crippen molar-refractivity contribution in [2.45, 2.75) is 37.5 Å². The van der Waals surface area contributed by atoms with Crippen LogP contribution >= 0.6 is 0 Å². The number of aromatic nitrogens is 3. The monoisotopic (exact) mass is 707 g/mol. The van der Waals surface area contributed by atoms with Crippen molar-refractivity contribution in [3.05, 3.63) is 175 Å². The minimum Gasteiger partial charge on any atom is -0.455 e. The summed E-state index contributed by atoms with van der Waals surface area (Å²) >= 11 is 0. The lowest BCUT2D eigenvalue weighted by atomic mass is 9.67. The Morgan fingerprint density at radius 3 is 1.78 bits per heavy atom. The van der Waals surface area contributed by atoms with Gasteiger partial charge >= 0.3 is 0 Å². The first-order valence-corrected chi connectivity index (χ1v) is 19.4. The molecule has 0 amide bonds. The SMILES string of the molecule is c1ccc(-c2nc(-c3ccc(-c4cccc(-c5ccc6c(c5)C5(CCCCC5)c5ccccc5-6)c4)cc3)nc(-c3cccc4c3oc3ccccc34)n2)cc1. The van der Waals surface area contributed by atoms with E-state index in [-0.39, 0.29) is 5.41 Å². The molecule has 11 rings (SSSR count). The van der Waals surface area contributed by atoms with E-state index in [1.165, 1.54) is 71.0 Å². The second-order valence-corrected chi connectivity index (χ2v) is 15.1. The zero-order valence-electron chi connectivity index (χ0n) is 30.4. The van der Waals surface area contributed by atoms with Gasteiger partial charge in [0.25, 0.3) is 0 Å². The van der Waals surface area contributed by atoms with E-state index in [0.29, 0.717) is 17.5 Å². The molecule has 2 aliphatic carbocycles. The average Bonchev–Trinajstić information content (AvgIpc) is 3.77. The molecule has 0 N–H and O–H groups in total. The highest BCUT2D eigenvalue weighted by atomic mass is 16.3. The van der Waals surface area contributed by atoms with Crippen molar-refractivity contribution in [3.63, 3.8) is 0 Å². The third-order valence-corrected chi connectivity index (χ3v) is 12.0. The summed E-state index contributed by atoms with van der Waals surface area (Å²) in [6.45, 7) is 0. The Morgan fingerprint density at radius 1 is 0.382 bits per heavy atom. The van der Waals surface area contributed by atoms with Gasteiger partial charge in [-0.3, -0.25) is 0 Å². The molecule has 0 aliphatic heterocycles. The highest BCUT2D eigenvalue weighted by molar-refractivity contribution is 6.09. The van der Waals surface area contributed by atoms with E-state index in [1.54, 1.807) is 0 Å². The number of hydrogen-bond acceptors (Lipinski definition) is 4. The number of para-hydroxylation sites is 2. The van der Waals surface area contributed by atoms with E-state index in [2.05, 4.69) is 103 Å². The molecule has 0 saturated heterocycles. The zero-order chi connectivity index (χ0) is 36.3. The van der Waals surface area contributed by atoms with Crippen LogP contribution in [0.25, 0.3) is 89.5 Å². The van der Waals surface area contributed by atoms with Crippen molar-refractivity contribution in [2.24, 2.45) is 0 Å². The molecule has 9 aromatic rings. The van der Waals surface area contributed by atoms with Crippen LogP contribution in [0.5, 0.6) is 0 Å². The molecule has 1 fully saturated rings. The van der Waals surface area contributed by atoms with E-state index in [1.807, 2.05) is 60.7 Å². The Bertz CT molecular complexity index is 2900. The molecular formula is C51H37N3O. The van der Waals surface area contributed by atoms with Crippen LogP contribution in [-0.2, 0) is 5.41 Å². The number of fused-ring (bicyclic) bond motifs is 8. The summed E-state index contributed by atoms with van der Waals surface area (Å²) in [4.78, 5) is 15.1. The molecule has 55 heavy (non-hydrogen) atoms. The van der Waals surface area contributed by atoms with Gasteiger partial charge in [0.1, 0.15) is 11.2 Å². The largest absolute Gasteiger partial charge is 0.455 e. The van der Waals surface area contributed by atoms with E-state index in [9.17, 15) is 0 Å². The molecule has 262 valence electrons. The molecule has 4 nitrogen and oxygen atoms in total. The molecule has 0 radical (unpaired) electrons. The minimum absolute atomic E-state index is 0.140. The molecule has 4 heteroatoms. The van der Waals surface area contributed by atoms with Crippen LogP contribution in [0.2, 0.25) is 0 Å². The molecule has 2 heterocycles. The van der Waals surface area contributed by atoms with Crippen molar-refractivity contribution < 1.29 is 4.42 Å². The molecule has 7 aromatic carbocycles. The second kappa shape index (κ2) is 12.7. The van der Waals surface area contributed by atoms with Crippen LogP contribution in [0.1, 0.15) is 43.2 Å². The standard InChI is InChI=1S/C51H37N3O/c1-3-13-34(14-4-1)48-52-49(54-50(53-48)43-20-12-19-42-41-18-6-8-22-46(41)55-47(42)43)35-25-23-33(24-26-35)36-15-11-16-37(31-36)38-27-28-40-39-17-5-7-21-44(39)51(45(40)32-38)29-9-2-10-30-51/h1,3-8,11-28,31-32H,2,9-10,29-30H2. The van der Waals surface area contributed by atoms with Gasteiger partial charge in [0.05, 0.1) is 5.56 Å². The first kappa shape index (κ1) is 31.8. The Kier molecular flexibility index (Phi) is 7.38. The van der Waals surface area contributed by atoms with Gasteiger partial charge in [0.2, 0.25) is 0 Å². The summed E-state index contributed by atoms with van der Waals surface area (Å²) in [6.07, 6.45) is 6.39. The van der Waals surface area contributed by atoms with Crippen molar-refractivity contribution in [2.75, 3.05) is 0 Å². The Balaban J connectivity index is 0.960. The van der Waals surface area contributed by atoms with Crippen molar-refractivity contribution in [1.82, 2.24) is 15.0 Å². The van der Waals surface area contributed by atoms with Crippen LogP contribution in [0.4, 0.5) is 0 Å². The number of rotatable bonds is 5. The van der Waals surface area contributed by atoms with Gasteiger partial charge in [-0.15, -0.1) is 0 Å². The molecule has 2 aromatic heterocycles. The molecule has 0 unspecified atom stereocenters.